The smallest absolute Gasteiger partial charge is 0.410 e. The first kappa shape index (κ1) is 20.9. The summed E-state index contributed by atoms with van der Waals surface area (Å²) in [6, 6.07) is 2.99. The molecule has 1 heterocycles. The van der Waals surface area contributed by atoms with Crippen molar-refractivity contribution in [1.29, 1.82) is 0 Å². The molecule has 0 aromatic heterocycles. The summed E-state index contributed by atoms with van der Waals surface area (Å²) in [6.07, 6.45) is -1.38. The van der Waals surface area contributed by atoms with E-state index in [0.717, 1.165) is 18.2 Å². The maximum atomic E-state index is 14.4. The van der Waals surface area contributed by atoms with Gasteiger partial charge in [0.2, 0.25) is 0 Å². The Hall–Kier alpha value is -2.38. The summed E-state index contributed by atoms with van der Waals surface area (Å²) in [6.45, 7) is 10.1. The maximum Gasteiger partial charge on any atom is 0.410 e. The number of carbonyl (C=O) groups excluding carboxylic acids is 2. The number of nitrogens with one attached hydrogen (secondary N) is 1. The maximum absolute atomic E-state index is 14.4. The van der Waals surface area contributed by atoms with Gasteiger partial charge in [-0.05, 0) is 59.7 Å². The monoisotopic (exact) mass is 384 g/mol. The van der Waals surface area contributed by atoms with Crippen LogP contribution >= 0.6 is 0 Å². The van der Waals surface area contributed by atoms with E-state index >= 15 is 0 Å². The highest BCUT2D eigenvalue weighted by atomic mass is 19.1. The van der Waals surface area contributed by atoms with Gasteiger partial charge >= 0.3 is 12.2 Å². The third-order valence-corrected chi connectivity index (χ3v) is 3.76. The first-order chi connectivity index (χ1) is 12.2. The van der Waals surface area contributed by atoms with E-state index in [1.807, 2.05) is 0 Å². The molecular weight excluding hydrogens is 358 g/mol. The van der Waals surface area contributed by atoms with Crippen LogP contribution in [0.25, 0.3) is 0 Å². The zero-order valence-electron chi connectivity index (χ0n) is 16.5. The molecule has 1 fully saturated rings. The molecule has 1 aliphatic heterocycles. The van der Waals surface area contributed by atoms with Gasteiger partial charge in [0.25, 0.3) is 0 Å². The molecule has 1 aromatic carbocycles. The number of likely N-dealkylation sites (tertiary alicyclic amines) is 1. The molecule has 8 heteroatoms. The molecule has 0 aliphatic carbocycles. The fourth-order valence-electron chi connectivity index (χ4n) is 2.74. The highest BCUT2D eigenvalue weighted by molar-refractivity contribution is 5.73. The minimum atomic E-state index is -1.30. The Morgan fingerprint density at radius 2 is 1.59 bits per heavy atom. The second kappa shape index (κ2) is 6.98. The number of nitrogens with zero attached hydrogens (tertiary/aromatic N) is 1. The molecular formula is C19H26F2N2O4. The van der Waals surface area contributed by atoms with E-state index in [0.29, 0.717) is 0 Å². The van der Waals surface area contributed by atoms with E-state index in [-0.39, 0.29) is 18.7 Å². The molecule has 0 bridgehead atoms. The highest BCUT2D eigenvalue weighted by Crippen LogP contribution is 2.35. The van der Waals surface area contributed by atoms with Crippen molar-refractivity contribution in [3.05, 3.63) is 35.4 Å². The van der Waals surface area contributed by atoms with Crippen LogP contribution in [-0.2, 0) is 15.0 Å². The lowest BCUT2D eigenvalue weighted by Crippen LogP contribution is -2.69. The van der Waals surface area contributed by atoms with E-state index < -0.39 is 40.6 Å². The first-order valence-electron chi connectivity index (χ1n) is 8.65. The average molecular weight is 384 g/mol. The van der Waals surface area contributed by atoms with Gasteiger partial charge in [0.05, 0.1) is 13.1 Å². The lowest BCUT2D eigenvalue weighted by atomic mass is 9.82. The van der Waals surface area contributed by atoms with E-state index in [1.165, 1.54) is 4.90 Å². The number of hydrogen-bond donors (Lipinski definition) is 1. The van der Waals surface area contributed by atoms with Gasteiger partial charge in [-0.25, -0.2) is 18.4 Å². The lowest BCUT2D eigenvalue weighted by Gasteiger charge is -2.50. The number of rotatable bonds is 2. The number of hydrogen-bond acceptors (Lipinski definition) is 4. The third kappa shape index (κ3) is 5.30. The lowest BCUT2D eigenvalue weighted by molar-refractivity contribution is -0.0238. The molecule has 1 aliphatic rings. The van der Waals surface area contributed by atoms with Gasteiger partial charge in [0.1, 0.15) is 28.4 Å². The molecule has 150 valence electrons. The van der Waals surface area contributed by atoms with Crippen molar-refractivity contribution >= 4 is 12.2 Å². The van der Waals surface area contributed by atoms with Gasteiger partial charge in [-0.3, -0.25) is 0 Å². The summed E-state index contributed by atoms with van der Waals surface area (Å²) in [4.78, 5) is 25.8. The van der Waals surface area contributed by atoms with Gasteiger partial charge in [0, 0.05) is 5.56 Å². The summed E-state index contributed by atoms with van der Waals surface area (Å²) in [5.41, 5.74) is -2.81. The van der Waals surface area contributed by atoms with Crippen LogP contribution in [0.15, 0.2) is 18.2 Å². The van der Waals surface area contributed by atoms with Crippen LogP contribution in [0, 0.1) is 11.6 Å². The number of alkyl carbamates (subject to hydrolysis) is 1. The molecule has 2 amide bonds. The van der Waals surface area contributed by atoms with E-state index in [4.69, 9.17) is 9.47 Å². The number of carbonyl (C=O) groups is 2. The Bertz CT molecular complexity index is 732. The van der Waals surface area contributed by atoms with Crippen molar-refractivity contribution < 1.29 is 27.8 Å². The Kier molecular flexibility index (Phi) is 5.41. The highest BCUT2D eigenvalue weighted by Gasteiger charge is 2.51. The second-order valence-corrected chi connectivity index (χ2v) is 8.67. The average Bonchev–Trinajstić information content (AvgIpc) is 2.41. The zero-order valence-corrected chi connectivity index (χ0v) is 16.5. The number of halogens is 2. The number of benzene rings is 1. The van der Waals surface area contributed by atoms with Crippen LogP contribution in [0.1, 0.15) is 47.1 Å². The van der Waals surface area contributed by atoms with Crippen LogP contribution in [0.2, 0.25) is 0 Å². The van der Waals surface area contributed by atoms with Crippen LogP contribution in [0.4, 0.5) is 18.4 Å². The normalized spacial score (nSPS) is 16.4. The van der Waals surface area contributed by atoms with Gasteiger partial charge in [-0.15, -0.1) is 0 Å². The molecule has 1 N–H and O–H groups in total. The fourth-order valence-corrected chi connectivity index (χ4v) is 2.74. The number of amides is 2. The third-order valence-electron chi connectivity index (χ3n) is 3.76. The molecule has 6 nitrogen and oxygen atoms in total. The number of ether oxygens (including phenoxy) is 2. The summed E-state index contributed by atoms with van der Waals surface area (Å²) in [7, 11) is 0. The van der Waals surface area contributed by atoms with Crippen molar-refractivity contribution in [2.24, 2.45) is 0 Å². The molecule has 0 atom stereocenters. The first-order valence-corrected chi connectivity index (χ1v) is 8.65. The fraction of sp³-hybridized carbons (Fsp3) is 0.579. The summed E-state index contributed by atoms with van der Waals surface area (Å²) >= 11 is 0. The largest absolute Gasteiger partial charge is 0.444 e. The summed E-state index contributed by atoms with van der Waals surface area (Å²) in [5.74, 6) is -1.33. The molecule has 1 saturated heterocycles. The molecule has 0 radical (unpaired) electrons. The topological polar surface area (TPSA) is 67.9 Å². The summed E-state index contributed by atoms with van der Waals surface area (Å²) in [5, 5.41) is 2.60. The zero-order chi connectivity index (χ0) is 20.6. The van der Waals surface area contributed by atoms with Crippen molar-refractivity contribution in [3.63, 3.8) is 0 Å². The van der Waals surface area contributed by atoms with Gasteiger partial charge < -0.3 is 19.7 Å². The van der Waals surface area contributed by atoms with Crippen LogP contribution in [0.3, 0.4) is 0 Å². The van der Waals surface area contributed by atoms with Crippen LogP contribution < -0.4 is 5.32 Å². The van der Waals surface area contributed by atoms with Crippen molar-refractivity contribution in [1.82, 2.24) is 10.2 Å². The van der Waals surface area contributed by atoms with Crippen LogP contribution in [0.5, 0.6) is 0 Å². The molecule has 1 aromatic rings. The van der Waals surface area contributed by atoms with E-state index in [2.05, 4.69) is 5.32 Å². The SMILES string of the molecule is CC(C)(C)OC(=O)NC1(c2cc(F)ccc2F)CN(C(=O)OC(C)(C)C)C1. The molecule has 0 spiro atoms. The van der Waals surface area contributed by atoms with Crippen molar-refractivity contribution in [3.8, 4) is 0 Å². The summed E-state index contributed by atoms with van der Waals surface area (Å²) < 4.78 is 38.6. The minimum Gasteiger partial charge on any atom is -0.444 e. The molecule has 0 unspecified atom stereocenters. The molecule has 0 saturated carbocycles. The van der Waals surface area contributed by atoms with Gasteiger partial charge in [0.15, 0.2) is 0 Å². The van der Waals surface area contributed by atoms with Crippen molar-refractivity contribution in [2.75, 3.05) is 13.1 Å². The molecule has 2 rings (SSSR count). The van der Waals surface area contributed by atoms with E-state index in [9.17, 15) is 18.4 Å². The Balaban J connectivity index is 2.26. The van der Waals surface area contributed by atoms with Gasteiger partial charge in [-0.1, -0.05) is 0 Å². The Morgan fingerprint density at radius 3 is 2.11 bits per heavy atom. The van der Waals surface area contributed by atoms with E-state index in [1.54, 1.807) is 41.5 Å². The predicted molar refractivity (Wildman–Crippen MR) is 95.2 cm³/mol. The molecule has 27 heavy (non-hydrogen) atoms. The second-order valence-electron chi connectivity index (χ2n) is 8.67. The van der Waals surface area contributed by atoms with Crippen molar-refractivity contribution in [2.45, 2.75) is 58.3 Å². The Morgan fingerprint density at radius 1 is 1.04 bits per heavy atom. The minimum absolute atomic E-state index is 0.0480. The Labute approximate surface area is 157 Å². The standard InChI is InChI=1S/C19H26F2N2O4/c1-17(2,3)26-15(24)22-19(13-9-12(20)7-8-14(13)21)10-23(11-19)16(25)27-18(4,5)6/h7-9H,10-11H2,1-6H3,(H,22,24). The van der Waals surface area contributed by atoms with Gasteiger partial charge in [-0.2, -0.15) is 0 Å². The van der Waals surface area contributed by atoms with Crippen LogP contribution in [-0.4, -0.2) is 41.4 Å². The quantitative estimate of drug-likeness (QED) is 0.839. The predicted octanol–water partition coefficient (Wildman–Crippen LogP) is 3.94.